The lowest BCUT2D eigenvalue weighted by atomic mass is 10.1. The Balaban J connectivity index is 1.52. The second-order valence-corrected chi connectivity index (χ2v) is 5.48. The van der Waals surface area contributed by atoms with E-state index in [4.69, 9.17) is 18.9 Å². The van der Waals surface area contributed by atoms with Crippen LogP contribution >= 0.6 is 0 Å². The first-order chi connectivity index (χ1) is 10.4. The van der Waals surface area contributed by atoms with Gasteiger partial charge in [0.15, 0.2) is 11.5 Å². The highest BCUT2D eigenvalue weighted by molar-refractivity contribution is 5.45. The molecule has 0 spiro atoms. The van der Waals surface area contributed by atoms with Gasteiger partial charge >= 0.3 is 0 Å². The van der Waals surface area contributed by atoms with Gasteiger partial charge in [0.2, 0.25) is 6.79 Å². The Labute approximate surface area is 125 Å². The molecule has 2 aliphatic heterocycles. The summed E-state index contributed by atoms with van der Waals surface area (Å²) in [5.74, 6) is 1.62. The van der Waals surface area contributed by atoms with E-state index in [1.54, 1.807) is 0 Å². The lowest BCUT2D eigenvalue weighted by Crippen LogP contribution is -2.28. The van der Waals surface area contributed by atoms with Crippen LogP contribution in [0.5, 0.6) is 11.5 Å². The van der Waals surface area contributed by atoms with E-state index in [0.717, 1.165) is 30.1 Å². The highest BCUT2D eigenvalue weighted by Gasteiger charge is 2.18. The number of likely N-dealkylation sites (N-methyl/N-ethyl adjacent to an activating group) is 1. The van der Waals surface area contributed by atoms with Crippen LogP contribution in [0.15, 0.2) is 18.2 Å². The standard InChI is InChI=1S/C16H23NO4/c1-17-14(10-18-9-13-4-2-3-7-19-13)12-5-6-15-16(8-12)21-11-20-15/h5-6,8,13-14,17H,2-4,7,9-11H2,1H3. The third-order valence-corrected chi connectivity index (χ3v) is 4.01. The fraction of sp³-hybridized carbons (Fsp3) is 0.625. The van der Waals surface area contributed by atoms with Crippen molar-refractivity contribution in [3.05, 3.63) is 23.8 Å². The van der Waals surface area contributed by atoms with E-state index in [2.05, 4.69) is 11.4 Å². The molecule has 0 amide bonds. The van der Waals surface area contributed by atoms with Gasteiger partial charge in [-0.3, -0.25) is 0 Å². The van der Waals surface area contributed by atoms with Crippen molar-refractivity contribution in [2.75, 3.05) is 33.7 Å². The molecule has 0 saturated carbocycles. The third-order valence-electron chi connectivity index (χ3n) is 4.01. The maximum absolute atomic E-state index is 5.84. The molecule has 21 heavy (non-hydrogen) atoms. The van der Waals surface area contributed by atoms with Gasteiger partial charge in [0.1, 0.15) is 0 Å². The molecule has 0 aromatic heterocycles. The van der Waals surface area contributed by atoms with Crippen LogP contribution in [0.1, 0.15) is 30.9 Å². The van der Waals surface area contributed by atoms with Crippen molar-refractivity contribution in [2.24, 2.45) is 0 Å². The quantitative estimate of drug-likeness (QED) is 0.872. The summed E-state index contributed by atoms with van der Waals surface area (Å²) in [7, 11) is 1.94. The van der Waals surface area contributed by atoms with E-state index < -0.39 is 0 Å². The molecule has 2 unspecified atom stereocenters. The SMILES string of the molecule is CNC(COCC1CCCCO1)c1ccc2c(c1)OCO2. The predicted molar refractivity (Wildman–Crippen MR) is 78.8 cm³/mol. The predicted octanol–water partition coefficient (Wildman–Crippen LogP) is 2.26. The smallest absolute Gasteiger partial charge is 0.231 e. The van der Waals surface area contributed by atoms with Gasteiger partial charge in [-0.1, -0.05) is 6.07 Å². The third kappa shape index (κ3) is 3.67. The summed E-state index contributed by atoms with van der Waals surface area (Å²) in [6.45, 7) is 2.46. The monoisotopic (exact) mass is 293 g/mol. The molecule has 0 bridgehead atoms. The van der Waals surface area contributed by atoms with E-state index in [9.17, 15) is 0 Å². The molecule has 1 aromatic rings. The molecule has 116 valence electrons. The van der Waals surface area contributed by atoms with Gasteiger partial charge in [-0.25, -0.2) is 0 Å². The van der Waals surface area contributed by atoms with Crippen molar-refractivity contribution in [3.8, 4) is 11.5 Å². The number of ether oxygens (including phenoxy) is 4. The summed E-state index contributed by atoms with van der Waals surface area (Å²) in [5, 5.41) is 3.29. The number of fused-ring (bicyclic) bond motifs is 1. The van der Waals surface area contributed by atoms with Crippen molar-refractivity contribution in [1.29, 1.82) is 0 Å². The van der Waals surface area contributed by atoms with Gasteiger partial charge in [0.05, 0.1) is 25.4 Å². The van der Waals surface area contributed by atoms with Crippen LogP contribution in [0, 0.1) is 0 Å². The van der Waals surface area contributed by atoms with Crippen molar-refractivity contribution in [1.82, 2.24) is 5.32 Å². The van der Waals surface area contributed by atoms with Crippen LogP contribution in [0.25, 0.3) is 0 Å². The van der Waals surface area contributed by atoms with Crippen LogP contribution in [0.2, 0.25) is 0 Å². The number of rotatable bonds is 6. The van der Waals surface area contributed by atoms with Crippen molar-refractivity contribution in [2.45, 2.75) is 31.4 Å². The van der Waals surface area contributed by atoms with Crippen molar-refractivity contribution >= 4 is 0 Å². The molecular weight excluding hydrogens is 270 g/mol. The van der Waals surface area contributed by atoms with Gasteiger partial charge in [0, 0.05) is 6.61 Å². The first-order valence-electron chi connectivity index (χ1n) is 7.63. The van der Waals surface area contributed by atoms with Gasteiger partial charge in [-0.2, -0.15) is 0 Å². The zero-order chi connectivity index (χ0) is 14.5. The Bertz CT molecular complexity index is 460. The lowest BCUT2D eigenvalue weighted by molar-refractivity contribution is -0.0440. The Morgan fingerprint density at radius 2 is 2.19 bits per heavy atom. The normalized spacial score (nSPS) is 22.2. The Morgan fingerprint density at radius 3 is 3.00 bits per heavy atom. The summed E-state index contributed by atoms with van der Waals surface area (Å²) in [5.41, 5.74) is 1.14. The van der Waals surface area contributed by atoms with Crippen LogP contribution in [-0.2, 0) is 9.47 Å². The summed E-state index contributed by atoms with van der Waals surface area (Å²) < 4.78 is 22.3. The van der Waals surface area contributed by atoms with E-state index in [1.807, 2.05) is 19.2 Å². The molecule has 3 rings (SSSR count). The summed E-state index contributed by atoms with van der Waals surface area (Å²) in [6, 6.07) is 6.16. The highest BCUT2D eigenvalue weighted by Crippen LogP contribution is 2.34. The molecule has 0 radical (unpaired) electrons. The van der Waals surface area contributed by atoms with Crippen LogP contribution in [0.4, 0.5) is 0 Å². The molecule has 1 N–H and O–H groups in total. The Morgan fingerprint density at radius 1 is 1.29 bits per heavy atom. The zero-order valence-electron chi connectivity index (χ0n) is 12.5. The molecular formula is C16H23NO4. The van der Waals surface area contributed by atoms with E-state index in [0.29, 0.717) is 20.0 Å². The van der Waals surface area contributed by atoms with Crippen molar-refractivity contribution in [3.63, 3.8) is 0 Å². The first-order valence-corrected chi connectivity index (χ1v) is 7.63. The maximum atomic E-state index is 5.84. The largest absolute Gasteiger partial charge is 0.454 e. The van der Waals surface area contributed by atoms with E-state index in [1.165, 1.54) is 12.8 Å². The van der Waals surface area contributed by atoms with Gasteiger partial charge in [-0.05, 0) is 44.0 Å². The second kappa shape index (κ2) is 7.11. The molecule has 0 aliphatic carbocycles. The Kier molecular flexibility index (Phi) is 4.95. The summed E-state index contributed by atoms with van der Waals surface area (Å²) in [4.78, 5) is 0. The van der Waals surface area contributed by atoms with Gasteiger partial charge in [0.25, 0.3) is 0 Å². The lowest BCUT2D eigenvalue weighted by Gasteiger charge is -2.24. The molecule has 2 heterocycles. The fourth-order valence-corrected chi connectivity index (χ4v) is 2.73. The second-order valence-electron chi connectivity index (χ2n) is 5.48. The minimum atomic E-state index is 0.142. The first kappa shape index (κ1) is 14.6. The molecule has 2 aliphatic rings. The topological polar surface area (TPSA) is 49.0 Å². The summed E-state index contributed by atoms with van der Waals surface area (Å²) in [6.07, 6.45) is 3.78. The van der Waals surface area contributed by atoms with E-state index >= 15 is 0 Å². The van der Waals surface area contributed by atoms with Crippen LogP contribution in [-0.4, -0.2) is 39.8 Å². The number of hydrogen-bond acceptors (Lipinski definition) is 5. The molecule has 1 saturated heterocycles. The number of nitrogens with one attached hydrogen (secondary N) is 1. The minimum absolute atomic E-state index is 0.142. The average Bonchev–Trinajstić information content (AvgIpc) is 3.00. The molecule has 1 fully saturated rings. The fourth-order valence-electron chi connectivity index (χ4n) is 2.73. The van der Waals surface area contributed by atoms with E-state index in [-0.39, 0.29) is 12.1 Å². The minimum Gasteiger partial charge on any atom is -0.454 e. The highest BCUT2D eigenvalue weighted by atomic mass is 16.7. The van der Waals surface area contributed by atoms with Crippen LogP contribution < -0.4 is 14.8 Å². The molecule has 5 nitrogen and oxygen atoms in total. The Hall–Kier alpha value is -1.30. The molecule has 5 heteroatoms. The van der Waals surface area contributed by atoms with Gasteiger partial charge in [-0.15, -0.1) is 0 Å². The summed E-state index contributed by atoms with van der Waals surface area (Å²) >= 11 is 0. The molecule has 1 aromatic carbocycles. The number of benzene rings is 1. The molecule has 2 atom stereocenters. The van der Waals surface area contributed by atoms with Gasteiger partial charge < -0.3 is 24.3 Å². The van der Waals surface area contributed by atoms with Crippen molar-refractivity contribution < 1.29 is 18.9 Å². The maximum Gasteiger partial charge on any atom is 0.231 e. The average molecular weight is 293 g/mol. The van der Waals surface area contributed by atoms with Crippen LogP contribution in [0.3, 0.4) is 0 Å². The zero-order valence-corrected chi connectivity index (χ0v) is 12.5. The number of hydrogen-bond donors (Lipinski definition) is 1.